The van der Waals surface area contributed by atoms with E-state index in [1.54, 1.807) is 24.3 Å². The van der Waals surface area contributed by atoms with Crippen molar-refractivity contribution in [2.45, 2.75) is 43.6 Å². The molecule has 6 heteroatoms. The summed E-state index contributed by atoms with van der Waals surface area (Å²) in [5, 5.41) is 20.8. The molecule has 1 saturated carbocycles. The van der Waals surface area contributed by atoms with E-state index in [1.165, 1.54) is 11.1 Å². The molecule has 0 bridgehead atoms. The fourth-order valence-corrected chi connectivity index (χ4v) is 6.17. The van der Waals surface area contributed by atoms with Gasteiger partial charge in [0.2, 0.25) is 0 Å². The van der Waals surface area contributed by atoms with E-state index in [0.29, 0.717) is 12.5 Å². The van der Waals surface area contributed by atoms with Gasteiger partial charge in [-0.15, -0.1) is 6.58 Å². The van der Waals surface area contributed by atoms with E-state index >= 15 is 0 Å². The zero-order valence-corrected chi connectivity index (χ0v) is 19.4. The zero-order chi connectivity index (χ0) is 23.2. The van der Waals surface area contributed by atoms with Crippen LogP contribution >= 0.6 is 11.6 Å². The van der Waals surface area contributed by atoms with Crippen LogP contribution in [0.25, 0.3) is 0 Å². The van der Waals surface area contributed by atoms with Gasteiger partial charge in [0.05, 0.1) is 24.0 Å². The number of hydrogen-bond acceptors (Lipinski definition) is 4. The van der Waals surface area contributed by atoms with Crippen molar-refractivity contribution in [3.63, 3.8) is 0 Å². The average Bonchev–Trinajstić information content (AvgIpc) is 2.93. The normalized spacial score (nSPS) is 26.9. The lowest BCUT2D eigenvalue weighted by Gasteiger charge is -2.45. The molecular formula is C27H30ClNO4. The monoisotopic (exact) mass is 467 g/mol. The summed E-state index contributed by atoms with van der Waals surface area (Å²) >= 11 is 6.31. The van der Waals surface area contributed by atoms with Crippen LogP contribution in [0.15, 0.2) is 49.1 Å². The molecule has 33 heavy (non-hydrogen) atoms. The number of benzene rings is 2. The lowest BCUT2D eigenvalue weighted by Crippen LogP contribution is -2.49. The first-order valence-electron chi connectivity index (χ1n) is 11.7. The molecule has 0 amide bonds. The van der Waals surface area contributed by atoms with Crippen LogP contribution in [-0.2, 0) is 11.8 Å². The first-order chi connectivity index (χ1) is 15.9. The molecule has 1 aliphatic heterocycles. The summed E-state index contributed by atoms with van der Waals surface area (Å²) in [5.74, 6) is 0.282. The van der Waals surface area contributed by atoms with Gasteiger partial charge in [-0.1, -0.05) is 23.7 Å². The number of halogens is 1. The summed E-state index contributed by atoms with van der Waals surface area (Å²) in [5.41, 5.74) is 3.44. The van der Waals surface area contributed by atoms with Gasteiger partial charge in [0.15, 0.2) is 0 Å². The second-order valence-electron chi connectivity index (χ2n) is 9.82. The average molecular weight is 468 g/mol. The number of anilines is 1. The fraction of sp³-hybridized carbons (Fsp3) is 0.444. The molecular weight excluding hydrogens is 438 g/mol. The maximum Gasteiger partial charge on any atom is 0.335 e. The first-order valence-corrected chi connectivity index (χ1v) is 12.1. The van der Waals surface area contributed by atoms with Crippen LogP contribution in [0.2, 0.25) is 5.02 Å². The van der Waals surface area contributed by atoms with E-state index in [0.717, 1.165) is 61.7 Å². The fourth-order valence-electron chi connectivity index (χ4n) is 5.98. The van der Waals surface area contributed by atoms with Gasteiger partial charge in [0.1, 0.15) is 5.75 Å². The number of carbonyl (C=O) groups is 1. The molecule has 2 aromatic rings. The Morgan fingerprint density at radius 3 is 2.88 bits per heavy atom. The lowest BCUT2D eigenvalue weighted by molar-refractivity contribution is 0.0460. The standard InChI is InChI=1S/C27H30ClNO4/c1-2-24(30)21-8-5-19(21)14-29-15-27(11-3-4-17-12-20(28)7-9-22(17)27)16-33-25-10-6-18(26(31)32)13-23(25)29/h2,6-7,9-10,12-13,19,21,24,30H,1,3-5,8,11,14-16H2,(H,31,32)/t19-,21+,24-,27?/m0/s1. The number of nitrogens with zero attached hydrogens (tertiary/aromatic N) is 1. The maximum atomic E-state index is 11.7. The van der Waals surface area contributed by atoms with Crippen LogP contribution in [0.5, 0.6) is 5.75 Å². The summed E-state index contributed by atoms with van der Waals surface area (Å²) in [6, 6.07) is 11.3. The van der Waals surface area contributed by atoms with Crippen molar-refractivity contribution in [2.24, 2.45) is 11.8 Å². The third kappa shape index (κ3) is 4.02. The Labute approximate surface area is 199 Å². The van der Waals surface area contributed by atoms with Crippen molar-refractivity contribution in [3.05, 3.63) is 70.8 Å². The molecule has 2 aliphatic carbocycles. The van der Waals surface area contributed by atoms with Crippen molar-refractivity contribution in [1.29, 1.82) is 0 Å². The molecule has 0 saturated heterocycles. The Kier molecular flexibility index (Phi) is 5.87. The highest BCUT2D eigenvalue weighted by Gasteiger charge is 2.44. The van der Waals surface area contributed by atoms with Gasteiger partial charge in [0, 0.05) is 23.5 Å². The van der Waals surface area contributed by atoms with E-state index < -0.39 is 12.1 Å². The predicted octanol–water partition coefficient (Wildman–Crippen LogP) is 5.08. The van der Waals surface area contributed by atoms with Crippen LogP contribution in [-0.4, -0.2) is 42.0 Å². The highest BCUT2D eigenvalue weighted by molar-refractivity contribution is 6.30. The first kappa shape index (κ1) is 22.3. The van der Waals surface area contributed by atoms with Crippen molar-refractivity contribution in [1.82, 2.24) is 0 Å². The summed E-state index contributed by atoms with van der Waals surface area (Å²) in [6.45, 7) is 5.80. The van der Waals surface area contributed by atoms with Crippen LogP contribution in [0.1, 0.15) is 47.2 Å². The van der Waals surface area contributed by atoms with Crippen molar-refractivity contribution in [3.8, 4) is 5.75 Å². The number of ether oxygens (including phenoxy) is 1. The summed E-state index contributed by atoms with van der Waals surface area (Å²) in [6.07, 6.45) is 6.20. The third-order valence-corrected chi connectivity index (χ3v) is 8.13. The summed E-state index contributed by atoms with van der Waals surface area (Å²) in [7, 11) is 0. The maximum absolute atomic E-state index is 11.7. The van der Waals surface area contributed by atoms with Crippen LogP contribution in [0, 0.1) is 11.8 Å². The number of carboxylic acids is 1. The smallest absolute Gasteiger partial charge is 0.335 e. The summed E-state index contributed by atoms with van der Waals surface area (Å²) < 4.78 is 6.39. The molecule has 0 aromatic heterocycles. The Morgan fingerprint density at radius 2 is 2.15 bits per heavy atom. The van der Waals surface area contributed by atoms with Crippen molar-refractivity contribution < 1.29 is 19.7 Å². The van der Waals surface area contributed by atoms with Crippen LogP contribution < -0.4 is 9.64 Å². The van der Waals surface area contributed by atoms with E-state index in [4.69, 9.17) is 16.3 Å². The van der Waals surface area contributed by atoms with E-state index in [9.17, 15) is 15.0 Å². The van der Waals surface area contributed by atoms with Gasteiger partial charge in [-0.25, -0.2) is 4.79 Å². The van der Waals surface area contributed by atoms with E-state index in [-0.39, 0.29) is 16.9 Å². The molecule has 1 spiro atoms. The Morgan fingerprint density at radius 1 is 1.30 bits per heavy atom. The number of fused-ring (bicyclic) bond motifs is 3. The van der Waals surface area contributed by atoms with Gasteiger partial charge < -0.3 is 19.8 Å². The Balaban J connectivity index is 1.55. The Bertz CT molecular complexity index is 1090. The lowest BCUT2D eigenvalue weighted by atomic mass is 9.68. The molecule has 5 rings (SSSR count). The van der Waals surface area contributed by atoms with Gasteiger partial charge in [-0.05, 0) is 85.4 Å². The molecule has 5 nitrogen and oxygen atoms in total. The molecule has 1 fully saturated rings. The van der Waals surface area contributed by atoms with Gasteiger partial charge in [0.25, 0.3) is 0 Å². The molecule has 2 N–H and O–H groups in total. The van der Waals surface area contributed by atoms with Crippen LogP contribution in [0.3, 0.4) is 0 Å². The minimum Gasteiger partial charge on any atom is -0.490 e. The second kappa shape index (κ2) is 8.69. The Hall–Kier alpha value is -2.50. The minimum absolute atomic E-state index is 0.186. The molecule has 1 heterocycles. The number of aromatic carboxylic acids is 1. The zero-order valence-electron chi connectivity index (χ0n) is 18.7. The molecule has 1 unspecified atom stereocenters. The van der Waals surface area contributed by atoms with E-state index in [2.05, 4.69) is 23.6 Å². The molecule has 3 aliphatic rings. The highest BCUT2D eigenvalue weighted by Crippen LogP contribution is 2.46. The molecule has 2 aromatic carbocycles. The highest BCUT2D eigenvalue weighted by atomic mass is 35.5. The number of hydrogen-bond donors (Lipinski definition) is 2. The van der Waals surface area contributed by atoms with Gasteiger partial charge >= 0.3 is 5.97 Å². The second-order valence-corrected chi connectivity index (χ2v) is 10.3. The number of aliphatic hydroxyl groups excluding tert-OH is 1. The minimum atomic E-state index is -0.946. The number of rotatable bonds is 5. The number of carboxylic acid groups (broad SMARTS) is 1. The molecule has 0 radical (unpaired) electrons. The SMILES string of the molecule is C=C[C@H](O)[C@@H]1CC[C@H]1CN1CC2(CCCc3cc(Cl)ccc32)COc2ccc(C(=O)O)cc21. The molecule has 4 atom stereocenters. The van der Waals surface area contributed by atoms with Crippen LogP contribution in [0.4, 0.5) is 5.69 Å². The van der Waals surface area contributed by atoms with E-state index in [1.807, 2.05) is 6.07 Å². The molecule has 174 valence electrons. The topological polar surface area (TPSA) is 70.0 Å². The number of aliphatic hydroxyl groups is 1. The van der Waals surface area contributed by atoms with Crippen molar-refractivity contribution in [2.75, 3.05) is 24.6 Å². The summed E-state index contributed by atoms with van der Waals surface area (Å²) in [4.78, 5) is 14.0. The predicted molar refractivity (Wildman–Crippen MR) is 130 cm³/mol. The quantitative estimate of drug-likeness (QED) is 0.600. The largest absolute Gasteiger partial charge is 0.490 e. The number of aryl methyl sites for hydroxylation is 1. The third-order valence-electron chi connectivity index (χ3n) is 7.90. The van der Waals surface area contributed by atoms with Gasteiger partial charge in [-0.2, -0.15) is 0 Å². The van der Waals surface area contributed by atoms with Crippen molar-refractivity contribution >= 4 is 23.3 Å². The van der Waals surface area contributed by atoms with Gasteiger partial charge in [-0.3, -0.25) is 0 Å².